The van der Waals surface area contributed by atoms with Crippen LogP contribution in [-0.4, -0.2) is 9.97 Å². The summed E-state index contributed by atoms with van der Waals surface area (Å²) in [6, 6.07) is 8.20. The van der Waals surface area contributed by atoms with Gasteiger partial charge in [-0.15, -0.1) is 23.1 Å². The number of hydrogen-bond donors (Lipinski definition) is 0. The molecule has 2 aromatic heterocycles. The Balaban J connectivity index is 1.88. The van der Waals surface area contributed by atoms with Crippen LogP contribution in [0.25, 0.3) is 10.2 Å². The van der Waals surface area contributed by atoms with Gasteiger partial charge in [-0.25, -0.2) is 9.97 Å². The summed E-state index contributed by atoms with van der Waals surface area (Å²) in [6.45, 7) is 4.16. The van der Waals surface area contributed by atoms with Crippen molar-refractivity contribution in [2.75, 3.05) is 0 Å². The third-order valence-corrected chi connectivity index (χ3v) is 6.05. The molecule has 0 aliphatic rings. The molecule has 0 unspecified atom stereocenters. The van der Waals surface area contributed by atoms with Crippen molar-refractivity contribution in [3.05, 3.63) is 50.2 Å². The molecule has 0 saturated carbocycles. The standard InChI is InChI=1S/C15H12BrClN2S2/c1-8-9(2)21-15-13(8)14(17)18-12(19-15)7-20-11-5-3-4-10(16)6-11/h3-6H,7H2,1-2H3. The van der Waals surface area contributed by atoms with Crippen LogP contribution < -0.4 is 0 Å². The van der Waals surface area contributed by atoms with Crippen LogP contribution in [0.3, 0.4) is 0 Å². The van der Waals surface area contributed by atoms with Gasteiger partial charge in [-0.1, -0.05) is 33.6 Å². The highest BCUT2D eigenvalue weighted by atomic mass is 79.9. The molecule has 0 aliphatic carbocycles. The maximum atomic E-state index is 6.33. The minimum absolute atomic E-state index is 0.562. The summed E-state index contributed by atoms with van der Waals surface area (Å²) in [7, 11) is 0. The van der Waals surface area contributed by atoms with E-state index in [0.29, 0.717) is 10.9 Å². The second-order valence-corrected chi connectivity index (χ2v) is 8.17. The van der Waals surface area contributed by atoms with Gasteiger partial charge in [0.2, 0.25) is 0 Å². The Morgan fingerprint density at radius 1 is 1.29 bits per heavy atom. The van der Waals surface area contributed by atoms with Crippen LogP contribution in [0.5, 0.6) is 0 Å². The molecule has 0 spiro atoms. The third-order valence-electron chi connectivity index (χ3n) is 3.19. The molecule has 0 radical (unpaired) electrons. The van der Waals surface area contributed by atoms with Crippen LogP contribution in [0.1, 0.15) is 16.3 Å². The van der Waals surface area contributed by atoms with E-state index in [1.165, 1.54) is 15.3 Å². The molecule has 0 fully saturated rings. The highest BCUT2D eigenvalue weighted by Crippen LogP contribution is 2.34. The summed E-state index contributed by atoms with van der Waals surface area (Å²) in [4.78, 5) is 12.5. The number of nitrogens with zero attached hydrogens (tertiary/aromatic N) is 2. The van der Waals surface area contributed by atoms with Crippen LogP contribution in [-0.2, 0) is 5.75 Å². The first-order chi connectivity index (χ1) is 10.0. The SMILES string of the molecule is Cc1sc2nc(CSc3cccc(Br)c3)nc(Cl)c2c1C. The average molecular weight is 400 g/mol. The molecular formula is C15H12BrClN2S2. The molecule has 0 atom stereocenters. The average Bonchev–Trinajstić information content (AvgIpc) is 2.72. The minimum Gasteiger partial charge on any atom is -0.221 e. The summed E-state index contributed by atoms with van der Waals surface area (Å²) >= 11 is 13.2. The molecule has 2 heterocycles. The van der Waals surface area contributed by atoms with E-state index in [1.807, 2.05) is 12.1 Å². The first-order valence-electron chi connectivity index (χ1n) is 6.35. The number of rotatable bonds is 3. The van der Waals surface area contributed by atoms with Gasteiger partial charge in [0.25, 0.3) is 0 Å². The number of hydrogen-bond acceptors (Lipinski definition) is 4. The van der Waals surface area contributed by atoms with E-state index < -0.39 is 0 Å². The Bertz CT molecular complexity index is 817. The van der Waals surface area contributed by atoms with Crippen molar-refractivity contribution in [2.24, 2.45) is 0 Å². The lowest BCUT2D eigenvalue weighted by molar-refractivity contribution is 1.07. The van der Waals surface area contributed by atoms with Crippen molar-refractivity contribution in [3.8, 4) is 0 Å². The predicted molar refractivity (Wildman–Crippen MR) is 95.6 cm³/mol. The third kappa shape index (κ3) is 3.26. The van der Waals surface area contributed by atoms with Crippen LogP contribution >= 0.6 is 50.6 Å². The quantitative estimate of drug-likeness (QED) is 0.398. The van der Waals surface area contributed by atoms with Crippen molar-refractivity contribution in [1.29, 1.82) is 0 Å². The first-order valence-corrected chi connectivity index (χ1v) is 9.32. The Morgan fingerprint density at radius 3 is 2.86 bits per heavy atom. The van der Waals surface area contributed by atoms with Gasteiger partial charge in [0, 0.05) is 14.2 Å². The highest BCUT2D eigenvalue weighted by Gasteiger charge is 2.13. The highest BCUT2D eigenvalue weighted by molar-refractivity contribution is 9.10. The fourth-order valence-corrected chi connectivity index (χ4v) is 4.80. The number of aryl methyl sites for hydroxylation is 2. The van der Waals surface area contributed by atoms with Crippen LogP contribution in [0.4, 0.5) is 0 Å². The molecule has 3 aromatic rings. The van der Waals surface area contributed by atoms with Crippen molar-refractivity contribution in [2.45, 2.75) is 24.5 Å². The maximum Gasteiger partial charge on any atom is 0.142 e. The van der Waals surface area contributed by atoms with Crippen molar-refractivity contribution >= 4 is 60.8 Å². The molecule has 0 bridgehead atoms. The monoisotopic (exact) mass is 398 g/mol. The van der Waals surface area contributed by atoms with E-state index in [0.717, 1.165) is 20.5 Å². The zero-order valence-electron chi connectivity index (χ0n) is 11.5. The van der Waals surface area contributed by atoms with E-state index in [-0.39, 0.29) is 0 Å². The van der Waals surface area contributed by atoms with Crippen molar-refractivity contribution in [1.82, 2.24) is 9.97 Å². The summed E-state index contributed by atoms with van der Waals surface area (Å²) in [5.74, 6) is 1.49. The topological polar surface area (TPSA) is 25.8 Å². The fraction of sp³-hybridized carbons (Fsp3) is 0.200. The van der Waals surface area contributed by atoms with Gasteiger partial charge in [0.05, 0.1) is 11.1 Å². The van der Waals surface area contributed by atoms with Gasteiger partial charge in [-0.3, -0.25) is 0 Å². The zero-order chi connectivity index (χ0) is 15.0. The predicted octanol–water partition coefficient (Wildman–Crippen LogP) is 6.02. The second-order valence-electron chi connectivity index (χ2n) is 4.64. The molecule has 108 valence electrons. The first kappa shape index (κ1) is 15.3. The number of fused-ring (bicyclic) bond motifs is 1. The Labute approximate surface area is 145 Å². The normalized spacial score (nSPS) is 11.2. The van der Waals surface area contributed by atoms with E-state index in [9.17, 15) is 0 Å². The maximum absolute atomic E-state index is 6.33. The summed E-state index contributed by atoms with van der Waals surface area (Å²) in [5, 5.41) is 1.56. The molecule has 0 amide bonds. The summed E-state index contributed by atoms with van der Waals surface area (Å²) < 4.78 is 1.08. The molecule has 6 heteroatoms. The van der Waals surface area contributed by atoms with Crippen LogP contribution in [0.15, 0.2) is 33.6 Å². The minimum atomic E-state index is 0.562. The molecule has 0 N–H and O–H groups in total. The van der Waals surface area contributed by atoms with Crippen LogP contribution in [0, 0.1) is 13.8 Å². The van der Waals surface area contributed by atoms with Crippen molar-refractivity contribution in [3.63, 3.8) is 0 Å². The Kier molecular flexibility index (Phi) is 4.54. The number of aromatic nitrogens is 2. The second kappa shape index (κ2) is 6.24. The van der Waals surface area contributed by atoms with Crippen molar-refractivity contribution < 1.29 is 0 Å². The number of thiophene rings is 1. The Hall–Kier alpha value is -0.620. The molecule has 0 saturated heterocycles. The van der Waals surface area contributed by atoms with Crippen LogP contribution in [0.2, 0.25) is 5.15 Å². The van der Waals surface area contributed by atoms with Gasteiger partial charge < -0.3 is 0 Å². The zero-order valence-corrected chi connectivity index (χ0v) is 15.5. The van der Waals surface area contributed by atoms with Gasteiger partial charge in [0.15, 0.2) is 0 Å². The molecule has 1 aromatic carbocycles. The smallest absolute Gasteiger partial charge is 0.142 e. The number of benzene rings is 1. The van der Waals surface area contributed by atoms with E-state index >= 15 is 0 Å². The lowest BCUT2D eigenvalue weighted by atomic mass is 10.2. The van der Waals surface area contributed by atoms with Gasteiger partial charge in [-0.05, 0) is 37.6 Å². The van der Waals surface area contributed by atoms with E-state index in [1.54, 1.807) is 23.1 Å². The van der Waals surface area contributed by atoms with Gasteiger partial charge >= 0.3 is 0 Å². The van der Waals surface area contributed by atoms with Gasteiger partial charge in [0.1, 0.15) is 15.8 Å². The van der Waals surface area contributed by atoms with E-state index in [4.69, 9.17) is 11.6 Å². The molecule has 2 nitrogen and oxygen atoms in total. The summed E-state index contributed by atoms with van der Waals surface area (Å²) in [5.41, 5.74) is 1.19. The molecule has 21 heavy (non-hydrogen) atoms. The Morgan fingerprint density at radius 2 is 2.10 bits per heavy atom. The number of thioether (sulfide) groups is 1. The summed E-state index contributed by atoms with van der Waals surface area (Å²) in [6.07, 6.45) is 0. The van der Waals surface area contributed by atoms with E-state index in [2.05, 4.69) is 51.9 Å². The fourth-order valence-electron chi connectivity index (χ4n) is 2.01. The molecular weight excluding hydrogens is 388 g/mol. The molecule has 3 rings (SSSR count). The number of halogens is 2. The lowest BCUT2D eigenvalue weighted by Crippen LogP contribution is -1.93. The van der Waals surface area contributed by atoms with Gasteiger partial charge in [-0.2, -0.15) is 0 Å². The largest absolute Gasteiger partial charge is 0.221 e. The molecule has 0 aliphatic heterocycles. The lowest BCUT2D eigenvalue weighted by Gasteiger charge is -2.03.